The lowest BCUT2D eigenvalue weighted by molar-refractivity contribution is -0.127. The Bertz CT molecular complexity index is 587. The van der Waals surface area contributed by atoms with Crippen LogP contribution in [0.5, 0.6) is 0 Å². The molecule has 0 saturated carbocycles. The van der Waals surface area contributed by atoms with Crippen LogP contribution in [0.15, 0.2) is 36.4 Å². The van der Waals surface area contributed by atoms with Crippen molar-refractivity contribution in [2.45, 2.75) is 26.3 Å². The third-order valence-corrected chi connectivity index (χ3v) is 4.57. The Balaban J connectivity index is 1.88. The zero-order valence-corrected chi connectivity index (χ0v) is 13.7. The smallest absolute Gasteiger partial charge is 0.226 e. The highest BCUT2D eigenvalue weighted by Crippen LogP contribution is 2.19. The van der Waals surface area contributed by atoms with Crippen LogP contribution in [-0.4, -0.2) is 24.9 Å². The lowest BCUT2D eigenvalue weighted by Gasteiger charge is -2.10. The van der Waals surface area contributed by atoms with Gasteiger partial charge in [-0.3, -0.25) is 4.79 Å². The quantitative estimate of drug-likeness (QED) is 0.885. The number of benzene rings is 1. The largest absolute Gasteiger partial charge is 0.380 e. The Morgan fingerprint density at radius 1 is 1.10 bits per heavy atom. The van der Waals surface area contributed by atoms with Crippen LogP contribution in [0.2, 0.25) is 0 Å². The van der Waals surface area contributed by atoms with Crippen LogP contribution in [0.1, 0.15) is 22.2 Å². The van der Waals surface area contributed by atoms with Crippen LogP contribution in [0.3, 0.4) is 0 Å². The second-order valence-corrected chi connectivity index (χ2v) is 6.49. The molecule has 3 nitrogen and oxygen atoms in total. The van der Waals surface area contributed by atoms with E-state index in [-0.39, 0.29) is 5.91 Å². The predicted molar refractivity (Wildman–Crippen MR) is 89.9 cm³/mol. The van der Waals surface area contributed by atoms with Gasteiger partial charge in [-0.2, -0.15) is 0 Å². The van der Waals surface area contributed by atoms with Gasteiger partial charge in [0, 0.05) is 36.1 Å². The second kappa shape index (κ2) is 7.27. The number of hydrogen-bond donors (Lipinski definition) is 1. The summed E-state index contributed by atoms with van der Waals surface area (Å²) in [4.78, 5) is 16.0. The van der Waals surface area contributed by atoms with Crippen molar-refractivity contribution >= 4 is 22.9 Å². The van der Waals surface area contributed by atoms with Crippen molar-refractivity contribution in [2.24, 2.45) is 0 Å². The SMILES string of the molecule is CCc1ccc(CNc2ccc(CC(=O)N(C)C)cc2)s1. The zero-order valence-electron chi connectivity index (χ0n) is 12.8. The number of aryl methyl sites for hydroxylation is 1. The van der Waals surface area contributed by atoms with Gasteiger partial charge in [0.2, 0.25) is 5.91 Å². The first kappa shape index (κ1) is 15.6. The topological polar surface area (TPSA) is 32.3 Å². The first-order valence-corrected chi connectivity index (χ1v) is 8.00. The predicted octanol–water partition coefficient (Wildman–Crippen LogP) is 3.55. The molecule has 2 rings (SSSR count). The number of hydrogen-bond acceptors (Lipinski definition) is 3. The van der Waals surface area contributed by atoms with Gasteiger partial charge in [-0.15, -0.1) is 11.3 Å². The molecule has 4 heteroatoms. The van der Waals surface area contributed by atoms with Crippen molar-refractivity contribution in [2.75, 3.05) is 19.4 Å². The molecule has 1 N–H and O–H groups in total. The minimum atomic E-state index is 0.126. The van der Waals surface area contributed by atoms with Crippen LogP contribution in [0.4, 0.5) is 5.69 Å². The van der Waals surface area contributed by atoms with Crippen LogP contribution >= 0.6 is 11.3 Å². The van der Waals surface area contributed by atoms with Crippen molar-refractivity contribution in [3.63, 3.8) is 0 Å². The number of amides is 1. The summed E-state index contributed by atoms with van der Waals surface area (Å²) in [5.41, 5.74) is 2.13. The third-order valence-electron chi connectivity index (χ3n) is 3.34. The van der Waals surface area contributed by atoms with Gasteiger partial charge in [0.05, 0.1) is 6.42 Å². The van der Waals surface area contributed by atoms with E-state index >= 15 is 0 Å². The van der Waals surface area contributed by atoms with Gasteiger partial charge in [0.1, 0.15) is 0 Å². The highest BCUT2D eigenvalue weighted by molar-refractivity contribution is 7.12. The average Bonchev–Trinajstić information content (AvgIpc) is 2.94. The first-order valence-electron chi connectivity index (χ1n) is 7.19. The number of likely N-dealkylation sites (N-methyl/N-ethyl adjacent to an activating group) is 1. The summed E-state index contributed by atoms with van der Waals surface area (Å²) >= 11 is 1.85. The molecule has 0 radical (unpaired) electrons. The first-order chi connectivity index (χ1) is 10.1. The number of thiophene rings is 1. The second-order valence-electron chi connectivity index (χ2n) is 5.24. The van der Waals surface area contributed by atoms with Gasteiger partial charge < -0.3 is 10.2 Å². The van der Waals surface area contributed by atoms with Crippen LogP contribution in [-0.2, 0) is 24.2 Å². The maximum atomic E-state index is 11.7. The van der Waals surface area contributed by atoms with Gasteiger partial charge in [0.25, 0.3) is 0 Å². The standard InChI is InChI=1S/C17H22N2OS/c1-4-15-9-10-16(21-15)12-18-14-7-5-13(6-8-14)11-17(20)19(2)3/h5-10,18H,4,11-12H2,1-3H3. The molecule has 112 valence electrons. The molecule has 0 unspecified atom stereocenters. The van der Waals surface area contributed by atoms with E-state index < -0.39 is 0 Å². The maximum absolute atomic E-state index is 11.7. The van der Waals surface area contributed by atoms with E-state index in [2.05, 4.69) is 24.4 Å². The lowest BCUT2D eigenvalue weighted by Crippen LogP contribution is -2.23. The molecule has 21 heavy (non-hydrogen) atoms. The number of carbonyl (C=O) groups is 1. The molecule has 0 atom stereocenters. The maximum Gasteiger partial charge on any atom is 0.226 e. The fraction of sp³-hybridized carbons (Fsp3) is 0.353. The molecule has 0 aliphatic carbocycles. The van der Waals surface area contributed by atoms with E-state index in [1.54, 1.807) is 19.0 Å². The van der Waals surface area contributed by atoms with Crippen molar-refractivity contribution < 1.29 is 4.79 Å². The van der Waals surface area contributed by atoms with Gasteiger partial charge in [-0.05, 0) is 36.2 Å². The van der Waals surface area contributed by atoms with Crippen molar-refractivity contribution in [1.82, 2.24) is 4.90 Å². The van der Waals surface area contributed by atoms with Crippen LogP contribution in [0.25, 0.3) is 0 Å². The number of nitrogens with one attached hydrogen (secondary N) is 1. The van der Waals surface area contributed by atoms with Crippen molar-refractivity contribution in [3.8, 4) is 0 Å². The van der Waals surface area contributed by atoms with Gasteiger partial charge >= 0.3 is 0 Å². The summed E-state index contributed by atoms with van der Waals surface area (Å²) in [5, 5.41) is 3.42. The minimum Gasteiger partial charge on any atom is -0.380 e. The van der Waals surface area contributed by atoms with Gasteiger partial charge in [-0.1, -0.05) is 19.1 Å². The van der Waals surface area contributed by atoms with E-state index in [1.165, 1.54) is 9.75 Å². The Hall–Kier alpha value is -1.81. The summed E-state index contributed by atoms with van der Waals surface area (Å²) in [5.74, 6) is 0.126. The normalized spacial score (nSPS) is 10.4. The summed E-state index contributed by atoms with van der Waals surface area (Å²) < 4.78 is 0. The molecule has 0 bridgehead atoms. The molecule has 1 heterocycles. The molecule has 1 aromatic carbocycles. The molecule has 0 aliphatic heterocycles. The fourth-order valence-electron chi connectivity index (χ4n) is 1.97. The van der Waals surface area contributed by atoms with E-state index in [0.29, 0.717) is 6.42 Å². The molecule has 1 amide bonds. The molecule has 1 aromatic heterocycles. The molecular formula is C17H22N2OS. The summed E-state index contributed by atoms with van der Waals surface area (Å²) in [6.45, 7) is 3.03. The van der Waals surface area contributed by atoms with Crippen LogP contribution in [0, 0.1) is 0 Å². The third kappa shape index (κ3) is 4.60. The number of rotatable bonds is 6. The summed E-state index contributed by atoms with van der Waals surface area (Å²) in [6.07, 6.45) is 1.55. The van der Waals surface area contributed by atoms with E-state index in [0.717, 1.165) is 24.2 Å². The Labute approximate surface area is 130 Å². The minimum absolute atomic E-state index is 0.126. The Morgan fingerprint density at radius 3 is 2.33 bits per heavy atom. The van der Waals surface area contributed by atoms with Crippen molar-refractivity contribution in [3.05, 3.63) is 51.7 Å². The van der Waals surface area contributed by atoms with Crippen LogP contribution < -0.4 is 5.32 Å². The monoisotopic (exact) mass is 302 g/mol. The molecule has 0 fully saturated rings. The molecule has 0 spiro atoms. The summed E-state index contributed by atoms with van der Waals surface area (Å²) in [6, 6.07) is 12.5. The van der Waals surface area contributed by atoms with Gasteiger partial charge in [-0.25, -0.2) is 0 Å². The summed E-state index contributed by atoms with van der Waals surface area (Å²) in [7, 11) is 3.56. The fourth-order valence-corrected chi connectivity index (χ4v) is 2.87. The van der Waals surface area contributed by atoms with E-state index in [1.807, 2.05) is 35.6 Å². The number of anilines is 1. The molecule has 0 saturated heterocycles. The highest BCUT2D eigenvalue weighted by atomic mass is 32.1. The van der Waals surface area contributed by atoms with Crippen molar-refractivity contribution in [1.29, 1.82) is 0 Å². The van der Waals surface area contributed by atoms with Gasteiger partial charge in [0.15, 0.2) is 0 Å². The zero-order chi connectivity index (χ0) is 15.2. The Morgan fingerprint density at radius 2 is 1.76 bits per heavy atom. The number of nitrogens with zero attached hydrogens (tertiary/aromatic N) is 1. The molecule has 0 aliphatic rings. The molecule has 2 aromatic rings. The number of carbonyl (C=O) groups excluding carboxylic acids is 1. The van der Waals surface area contributed by atoms with E-state index in [4.69, 9.17) is 0 Å². The van der Waals surface area contributed by atoms with E-state index in [9.17, 15) is 4.79 Å². The average molecular weight is 302 g/mol. The highest BCUT2D eigenvalue weighted by Gasteiger charge is 2.05. The lowest BCUT2D eigenvalue weighted by atomic mass is 10.1. The Kier molecular flexibility index (Phi) is 5.39. The molecular weight excluding hydrogens is 280 g/mol.